The van der Waals surface area contributed by atoms with Crippen LogP contribution in [0.3, 0.4) is 0 Å². The molecule has 0 saturated heterocycles. The van der Waals surface area contributed by atoms with Crippen LogP contribution in [0.15, 0.2) is 332 Å². The Kier molecular flexibility index (Phi) is 23.5. The molecular formula is C96H75BrLi2N4. The summed E-state index contributed by atoms with van der Waals surface area (Å²) >= 11 is 3.58. The minimum absolute atomic E-state index is 0. The SMILES string of the molecule is Cc1[c-]c2ccccc2cc1.Cc1ccc2ccccc2c1-c1cc(-c2ccccc2)c2ccc3c(-c4ccccc4)cc(-c4c(C)ccc5ccccc45)nc3c2n1.Cc1ccc2ccccc2c1Br.[CH2-]CCC.[Li+].[Li+].c1ccc(-c2ccnc3c2ccc2c(-c4ccccc4)ccnc23)cc1. The molecule has 488 valence electrons. The predicted octanol–water partition coefficient (Wildman–Crippen LogP) is 21.0. The van der Waals surface area contributed by atoms with Crippen LogP contribution in [0.5, 0.6) is 0 Å². The maximum absolute atomic E-state index is 5.56. The van der Waals surface area contributed by atoms with E-state index in [1.165, 1.54) is 98.5 Å². The molecule has 0 fully saturated rings. The van der Waals surface area contributed by atoms with E-state index in [0.717, 1.165) is 94.8 Å². The van der Waals surface area contributed by atoms with Crippen LogP contribution in [0.2, 0.25) is 0 Å². The quantitative estimate of drug-likeness (QED) is 0.0906. The number of aryl methyl sites for hydroxylation is 4. The van der Waals surface area contributed by atoms with Gasteiger partial charge in [0.25, 0.3) is 0 Å². The van der Waals surface area contributed by atoms with Gasteiger partial charge in [0, 0.05) is 49.5 Å². The van der Waals surface area contributed by atoms with Gasteiger partial charge in [0.1, 0.15) is 0 Å². The molecule has 103 heavy (non-hydrogen) atoms. The van der Waals surface area contributed by atoms with E-state index in [1.54, 1.807) is 0 Å². The monoisotopic (exact) mass is 1380 g/mol. The van der Waals surface area contributed by atoms with Crippen molar-refractivity contribution in [3.05, 3.63) is 368 Å². The van der Waals surface area contributed by atoms with Crippen LogP contribution in [-0.2, 0) is 0 Å². The van der Waals surface area contributed by atoms with Crippen molar-refractivity contribution in [2.45, 2.75) is 47.5 Å². The van der Waals surface area contributed by atoms with E-state index in [1.807, 2.05) is 36.7 Å². The molecule has 4 nitrogen and oxygen atoms in total. The van der Waals surface area contributed by atoms with Crippen LogP contribution in [0, 0.1) is 40.7 Å². The number of benzene rings is 14. The Labute approximate surface area is 637 Å². The van der Waals surface area contributed by atoms with Gasteiger partial charge in [-0.3, -0.25) is 9.97 Å². The average molecular weight is 1380 g/mol. The van der Waals surface area contributed by atoms with Crippen LogP contribution in [0.4, 0.5) is 0 Å². The summed E-state index contributed by atoms with van der Waals surface area (Å²) in [5.74, 6) is 0. The molecule has 4 heterocycles. The van der Waals surface area contributed by atoms with Crippen molar-refractivity contribution in [1.82, 2.24) is 19.9 Å². The smallest absolute Gasteiger partial charge is 0.343 e. The Bertz CT molecular complexity index is 5700. The maximum atomic E-state index is 5.56. The number of nitrogens with zero attached hydrogens (tertiary/aromatic N) is 4. The van der Waals surface area contributed by atoms with Crippen molar-refractivity contribution in [2.75, 3.05) is 0 Å². The number of unbranched alkanes of at least 4 members (excludes halogenated alkanes) is 1. The Morgan fingerprint density at radius 2 is 0.650 bits per heavy atom. The van der Waals surface area contributed by atoms with Crippen molar-refractivity contribution >= 4 is 103 Å². The molecule has 0 bridgehead atoms. The zero-order valence-electron chi connectivity index (χ0n) is 59.5. The summed E-state index contributed by atoms with van der Waals surface area (Å²) in [6.45, 7) is 14.3. The van der Waals surface area contributed by atoms with Crippen LogP contribution < -0.4 is 37.7 Å². The zero-order valence-corrected chi connectivity index (χ0v) is 61.1. The molecule has 18 rings (SSSR count). The number of aromatic nitrogens is 4. The van der Waals surface area contributed by atoms with Crippen molar-refractivity contribution < 1.29 is 37.7 Å². The molecule has 0 N–H and O–H groups in total. The Morgan fingerprint density at radius 3 is 1.07 bits per heavy atom. The summed E-state index contributed by atoms with van der Waals surface area (Å²) in [5, 5.41) is 14.3. The Morgan fingerprint density at radius 1 is 0.320 bits per heavy atom. The van der Waals surface area contributed by atoms with Crippen molar-refractivity contribution in [1.29, 1.82) is 0 Å². The number of pyridine rings is 4. The van der Waals surface area contributed by atoms with Gasteiger partial charge in [0.2, 0.25) is 0 Å². The van der Waals surface area contributed by atoms with Gasteiger partial charge in [0.05, 0.1) is 33.5 Å². The fraction of sp³-hybridized carbons (Fsp3) is 0.0729. The summed E-state index contributed by atoms with van der Waals surface area (Å²) in [7, 11) is 0. The standard InChI is InChI=1S/C46H32N2.C24H16N2.C11H9Br.C11H9.C4H9.2Li/c1-29-21-23-33-17-9-11-19-35(33)43(29)41-27-39(31-13-5-3-6-14-31)37-25-26-38-40(32-15-7-4-8-16-32)28-42(48-46(38)45(37)47-41)44-30(2)22-24-34-18-10-12-20-36(34)44;1-3-7-17(8-4-1)19-13-15-25-23-21(19)11-12-22-20(14-16-26-24(22)23)18-9-5-2-6-10-18;1-8-6-7-9-4-2-3-5-10(9)11(8)12;1-9-6-7-10-4-2-3-5-11(10)8-9;1-3-4-2;;/h3-28H,1-2H3;1-16H;2-7H,1H3;2-7H,1H3;1,3-4H2,2H3;;/q;;;2*-1;2*+1. The van der Waals surface area contributed by atoms with Gasteiger partial charge in [-0.2, -0.15) is 6.42 Å². The molecule has 0 radical (unpaired) electrons. The summed E-state index contributed by atoms with van der Waals surface area (Å²) < 4.78 is 1.21. The summed E-state index contributed by atoms with van der Waals surface area (Å²) in [4.78, 5) is 20.5. The first-order valence-electron chi connectivity index (χ1n) is 34.6. The first-order valence-corrected chi connectivity index (χ1v) is 35.4. The molecule has 0 atom stereocenters. The first-order chi connectivity index (χ1) is 49.6. The summed E-state index contributed by atoms with van der Waals surface area (Å²) in [5.41, 5.74) is 22.2. The second-order valence-electron chi connectivity index (χ2n) is 25.5. The average Bonchev–Trinajstić information content (AvgIpc) is 0.901. The third kappa shape index (κ3) is 15.6. The minimum Gasteiger partial charge on any atom is -0.343 e. The van der Waals surface area contributed by atoms with Crippen LogP contribution in [0.25, 0.3) is 154 Å². The van der Waals surface area contributed by atoms with Gasteiger partial charge in [-0.05, 0) is 154 Å². The van der Waals surface area contributed by atoms with E-state index in [4.69, 9.17) is 9.97 Å². The van der Waals surface area contributed by atoms with E-state index in [2.05, 4.69) is 365 Å². The van der Waals surface area contributed by atoms with E-state index >= 15 is 0 Å². The van der Waals surface area contributed by atoms with Crippen LogP contribution in [0.1, 0.15) is 42.0 Å². The van der Waals surface area contributed by atoms with Gasteiger partial charge < -0.3 is 6.92 Å². The number of hydrogen-bond acceptors (Lipinski definition) is 4. The van der Waals surface area contributed by atoms with Crippen molar-refractivity contribution in [3.8, 4) is 67.0 Å². The molecule has 0 saturated carbocycles. The molecule has 7 heteroatoms. The van der Waals surface area contributed by atoms with E-state index in [-0.39, 0.29) is 37.7 Å². The minimum atomic E-state index is 0. The van der Waals surface area contributed by atoms with Crippen LogP contribution in [-0.4, -0.2) is 19.9 Å². The summed E-state index contributed by atoms with van der Waals surface area (Å²) in [6.07, 6.45) is 6.03. The molecule has 0 unspecified atom stereocenters. The molecule has 18 aromatic rings. The summed E-state index contributed by atoms with van der Waals surface area (Å²) in [6, 6.07) is 114. The molecule has 0 amide bonds. The van der Waals surface area contributed by atoms with E-state index in [0.29, 0.717) is 0 Å². The maximum Gasteiger partial charge on any atom is 1.00 e. The fourth-order valence-electron chi connectivity index (χ4n) is 13.5. The number of rotatable bonds is 7. The Hall–Kier alpha value is -10.6. The van der Waals surface area contributed by atoms with Crippen molar-refractivity contribution in [3.63, 3.8) is 0 Å². The van der Waals surface area contributed by atoms with E-state index in [9.17, 15) is 0 Å². The predicted molar refractivity (Wildman–Crippen MR) is 435 cm³/mol. The van der Waals surface area contributed by atoms with Gasteiger partial charge in [-0.25, -0.2) is 9.97 Å². The van der Waals surface area contributed by atoms with Gasteiger partial charge in [0.15, 0.2) is 0 Å². The third-order valence-corrected chi connectivity index (χ3v) is 19.8. The number of halogens is 1. The molecule has 14 aromatic carbocycles. The van der Waals surface area contributed by atoms with Gasteiger partial charge >= 0.3 is 37.7 Å². The van der Waals surface area contributed by atoms with Gasteiger partial charge in [-0.1, -0.05) is 287 Å². The second-order valence-corrected chi connectivity index (χ2v) is 26.3. The largest absolute Gasteiger partial charge is 1.00 e. The first kappa shape index (κ1) is 72.2. The van der Waals surface area contributed by atoms with Gasteiger partial charge in [-0.15, -0.1) is 46.7 Å². The fourth-order valence-corrected chi connectivity index (χ4v) is 14.0. The molecule has 0 aliphatic heterocycles. The second kappa shape index (κ2) is 33.5. The third-order valence-electron chi connectivity index (χ3n) is 18.7. The number of fused-ring (bicyclic) bond motifs is 10. The molecule has 4 aromatic heterocycles. The topological polar surface area (TPSA) is 51.6 Å². The Balaban J connectivity index is 0.000000150. The molecule has 0 aliphatic rings. The molecular weight excluding hydrogens is 1300 g/mol. The van der Waals surface area contributed by atoms with Crippen LogP contribution >= 0.6 is 15.9 Å². The zero-order chi connectivity index (χ0) is 69.2. The van der Waals surface area contributed by atoms with E-state index < -0.39 is 0 Å². The number of hydrogen-bond donors (Lipinski definition) is 0. The normalized spacial score (nSPS) is 10.8. The molecule has 0 aliphatic carbocycles. The molecule has 0 spiro atoms. The van der Waals surface area contributed by atoms with Crippen molar-refractivity contribution in [2.24, 2.45) is 0 Å².